The second kappa shape index (κ2) is 9.02. The summed E-state index contributed by atoms with van der Waals surface area (Å²) in [6.07, 6.45) is 2.00. The van der Waals surface area contributed by atoms with Crippen molar-refractivity contribution in [1.82, 2.24) is 10.2 Å². The smallest absolute Gasteiger partial charge is 0.123 e. The third-order valence-corrected chi connectivity index (χ3v) is 3.29. The van der Waals surface area contributed by atoms with Crippen molar-refractivity contribution in [3.05, 3.63) is 35.6 Å². The van der Waals surface area contributed by atoms with Gasteiger partial charge in [0.1, 0.15) is 5.82 Å². The zero-order chi connectivity index (χ0) is 14.1. The maximum absolute atomic E-state index is 13.2. The molecule has 108 valence electrons. The van der Waals surface area contributed by atoms with Crippen LogP contribution < -0.4 is 5.32 Å². The van der Waals surface area contributed by atoms with Gasteiger partial charge in [-0.15, -0.1) is 0 Å². The standard InChI is InChI=1S/C15H25FN2O/c1-17-15(13-6-4-7-14(16)12-13)8-10-18(2)9-5-11-19-3/h4,6-7,12,15,17H,5,8-11H2,1-3H3. The first-order valence-electron chi connectivity index (χ1n) is 6.77. The van der Waals surface area contributed by atoms with E-state index in [1.807, 2.05) is 13.1 Å². The van der Waals surface area contributed by atoms with Crippen molar-refractivity contribution in [2.24, 2.45) is 0 Å². The number of ether oxygens (including phenoxy) is 1. The highest BCUT2D eigenvalue weighted by Crippen LogP contribution is 2.17. The van der Waals surface area contributed by atoms with Crippen LogP contribution in [0, 0.1) is 5.82 Å². The third-order valence-electron chi connectivity index (χ3n) is 3.29. The van der Waals surface area contributed by atoms with E-state index in [0.717, 1.165) is 38.1 Å². The number of methoxy groups -OCH3 is 1. The number of nitrogens with zero attached hydrogens (tertiary/aromatic N) is 1. The quantitative estimate of drug-likeness (QED) is 0.696. The Bertz CT molecular complexity index is 360. The van der Waals surface area contributed by atoms with E-state index in [4.69, 9.17) is 4.74 Å². The van der Waals surface area contributed by atoms with Crippen LogP contribution in [-0.4, -0.2) is 45.8 Å². The molecule has 0 aliphatic rings. The molecule has 0 saturated heterocycles. The highest BCUT2D eigenvalue weighted by molar-refractivity contribution is 5.20. The molecule has 1 rings (SSSR count). The maximum Gasteiger partial charge on any atom is 0.123 e. The molecule has 1 atom stereocenters. The third kappa shape index (κ3) is 6.14. The lowest BCUT2D eigenvalue weighted by Gasteiger charge is -2.21. The summed E-state index contributed by atoms with van der Waals surface area (Å²) in [5, 5.41) is 3.25. The topological polar surface area (TPSA) is 24.5 Å². The Labute approximate surface area is 115 Å². The molecule has 1 aromatic rings. The lowest BCUT2D eigenvalue weighted by atomic mass is 10.0. The monoisotopic (exact) mass is 268 g/mol. The summed E-state index contributed by atoms with van der Waals surface area (Å²) < 4.78 is 18.3. The van der Waals surface area contributed by atoms with E-state index in [9.17, 15) is 4.39 Å². The van der Waals surface area contributed by atoms with Gasteiger partial charge in [0.05, 0.1) is 0 Å². The van der Waals surface area contributed by atoms with E-state index < -0.39 is 0 Å². The molecule has 19 heavy (non-hydrogen) atoms. The van der Waals surface area contributed by atoms with Gasteiger partial charge in [0.2, 0.25) is 0 Å². The van der Waals surface area contributed by atoms with Crippen LogP contribution in [0.4, 0.5) is 4.39 Å². The summed E-state index contributed by atoms with van der Waals surface area (Å²) in [6.45, 7) is 2.79. The molecule has 0 fully saturated rings. The molecular formula is C15H25FN2O. The molecule has 1 N–H and O–H groups in total. The van der Waals surface area contributed by atoms with E-state index in [0.29, 0.717) is 0 Å². The Morgan fingerprint density at radius 1 is 1.37 bits per heavy atom. The van der Waals surface area contributed by atoms with Gasteiger partial charge in [-0.3, -0.25) is 0 Å². The second-order valence-corrected chi connectivity index (χ2v) is 4.83. The van der Waals surface area contributed by atoms with Crippen molar-refractivity contribution in [1.29, 1.82) is 0 Å². The predicted octanol–water partition coefficient (Wildman–Crippen LogP) is 2.44. The average molecular weight is 268 g/mol. The van der Waals surface area contributed by atoms with Crippen LogP contribution >= 0.6 is 0 Å². The van der Waals surface area contributed by atoms with Gasteiger partial charge in [0, 0.05) is 26.3 Å². The highest BCUT2D eigenvalue weighted by Gasteiger charge is 2.10. The summed E-state index contributed by atoms with van der Waals surface area (Å²) in [4.78, 5) is 2.28. The lowest BCUT2D eigenvalue weighted by Crippen LogP contribution is -2.26. The van der Waals surface area contributed by atoms with Crippen LogP contribution in [-0.2, 0) is 4.74 Å². The van der Waals surface area contributed by atoms with E-state index in [1.54, 1.807) is 19.2 Å². The van der Waals surface area contributed by atoms with Crippen LogP contribution in [0.25, 0.3) is 0 Å². The predicted molar refractivity (Wildman–Crippen MR) is 76.8 cm³/mol. The minimum atomic E-state index is -0.175. The van der Waals surface area contributed by atoms with E-state index >= 15 is 0 Å². The van der Waals surface area contributed by atoms with Gasteiger partial charge in [-0.1, -0.05) is 12.1 Å². The van der Waals surface area contributed by atoms with E-state index in [1.165, 1.54) is 6.07 Å². The van der Waals surface area contributed by atoms with Crippen LogP contribution in [0.1, 0.15) is 24.4 Å². The number of rotatable bonds is 9. The van der Waals surface area contributed by atoms with E-state index in [2.05, 4.69) is 17.3 Å². The van der Waals surface area contributed by atoms with Gasteiger partial charge in [-0.05, 0) is 51.2 Å². The normalized spacial score (nSPS) is 12.9. The van der Waals surface area contributed by atoms with Crippen LogP contribution in [0.2, 0.25) is 0 Å². The molecular weight excluding hydrogens is 243 g/mol. The molecule has 0 aliphatic carbocycles. The molecule has 3 nitrogen and oxygen atoms in total. The first-order chi connectivity index (χ1) is 9.17. The Hall–Kier alpha value is -0.970. The molecule has 1 unspecified atom stereocenters. The average Bonchev–Trinajstić information content (AvgIpc) is 2.40. The number of halogens is 1. The molecule has 0 bridgehead atoms. The van der Waals surface area contributed by atoms with Crippen LogP contribution in [0.5, 0.6) is 0 Å². The van der Waals surface area contributed by atoms with E-state index in [-0.39, 0.29) is 11.9 Å². The molecule has 4 heteroatoms. The number of benzene rings is 1. The Kier molecular flexibility index (Phi) is 7.63. The summed E-state index contributed by atoms with van der Waals surface area (Å²) in [7, 11) is 5.75. The van der Waals surface area contributed by atoms with Crippen LogP contribution in [0.3, 0.4) is 0 Å². The first kappa shape index (κ1) is 16.1. The number of nitrogens with one attached hydrogen (secondary N) is 1. The van der Waals surface area contributed by atoms with Crippen molar-refractivity contribution in [3.63, 3.8) is 0 Å². The van der Waals surface area contributed by atoms with Crippen molar-refractivity contribution < 1.29 is 9.13 Å². The largest absolute Gasteiger partial charge is 0.385 e. The van der Waals surface area contributed by atoms with Gasteiger partial charge >= 0.3 is 0 Å². The summed E-state index contributed by atoms with van der Waals surface area (Å²) in [5.74, 6) is -0.175. The van der Waals surface area contributed by atoms with Crippen molar-refractivity contribution in [2.75, 3.05) is 40.9 Å². The van der Waals surface area contributed by atoms with Gasteiger partial charge in [0.15, 0.2) is 0 Å². The molecule has 0 aromatic heterocycles. The van der Waals surface area contributed by atoms with Gasteiger partial charge in [0.25, 0.3) is 0 Å². The Morgan fingerprint density at radius 2 is 2.16 bits per heavy atom. The zero-order valence-corrected chi connectivity index (χ0v) is 12.2. The molecule has 0 aliphatic heterocycles. The lowest BCUT2D eigenvalue weighted by molar-refractivity contribution is 0.178. The molecule has 0 radical (unpaired) electrons. The molecule has 0 spiro atoms. The fourth-order valence-electron chi connectivity index (χ4n) is 2.14. The SMILES string of the molecule is CNC(CCN(C)CCCOC)c1cccc(F)c1. The van der Waals surface area contributed by atoms with Crippen LogP contribution in [0.15, 0.2) is 24.3 Å². The van der Waals surface area contributed by atoms with Gasteiger partial charge < -0.3 is 15.0 Å². The zero-order valence-electron chi connectivity index (χ0n) is 12.2. The molecule has 1 aromatic carbocycles. The number of hydrogen-bond acceptors (Lipinski definition) is 3. The Balaban J connectivity index is 2.40. The highest BCUT2D eigenvalue weighted by atomic mass is 19.1. The molecule has 0 amide bonds. The molecule has 0 heterocycles. The number of hydrogen-bond donors (Lipinski definition) is 1. The minimum Gasteiger partial charge on any atom is -0.385 e. The fraction of sp³-hybridized carbons (Fsp3) is 0.600. The minimum absolute atomic E-state index is 0.175. The van der Waals surface area contributed by atoms with Crippen molar-refractivity contribution in [3.8, 4) is 0 Å². The Morgan fingerprint density at radius 3 is 2.79 bits per heavy atom. The maximum atomic E-state index is 13.2. The summed E-state index contributed by atoms with van der Waals surface area (Å²) in [6, 6.07) is 7.01. The van der Waals surface area contributed by atoms with Crippen molar-refractivity contribution in [2.45, 2.75) is 18.9 Å². The molecule has 0 saturated carbocycles. The van der Waals surface area contributed by atoms with Crippen molar-refractivity contribution >= 4 is 0 Å². The summed E-state index contributed by atoms with van der Waals surface area (Å²) >= 11 is 0. The van der Waals surface area contributed by atoms with Gasteiger partial charge in [-0.2, -0.15) is 0 Å². The first-order valence-corrected chi connectivity index (χ1v) is 6.77. The fourth-order valence-corrected chi connectivity index (χ4v) is 2.14. The van der Waals surface area contributed by atoms with Gasteiger partial charge in [-0.25, -0.2) is 4.39 Å². The summed E-state index contributed by atoms with van der Waals surface area (Å²) in [5.41, 5.74) is 1.01. The second-order valence-electron chi connectivity index (χ2n) is 4.83.